The topological polar surface area (TPSA) is 76.4 Å². The first-order valence-corrected chi connectivity index (χ1v) is 6.63. The Labute approximate surface area is 124 Å². The summed E-state index contributed by atoms with van der Waals surface area (Å²) in [7, 11) is 1.57. The quantitative estimate of drug-likeness (QED) is 0.756. The average molecular weight is 285 g/mol. The molecule has 21 heavy (non-hydrogen) atoms. The normalized spacial score (nSPS) is 10.0. The van der Waals surface area contributed by atoms with Crippen LogP contribution in [0.5, 0.6) is 5.75 Å². The van der Waals surface area contributed by atoms with Gasteiger partial charge in [0, 0.05) is 12.6 Å². The second-order valence-electron chi connectivity index (χ2n) is 4.69. The monoisotopic (exact) mass is 285 g/mol. The molecule has 0 aliphatic heterocycles. The molecule has 0 unspecified atom stereocenters. The fourth-order valence-electron chi connectivity index (χ4n) is 1.93. The van der Waals surface area contributed by atoms with Gasteiger partial charge in [-0.15, -0.1) is 0 Å². The number of anilines is 2. The molecule has 0 bridgehead atoms. The van der Waals surface area contributed by atoms with Gasteiger partial charge >= 0.3 is 6.03 Å². The van der Waals surface area contributed by atoms with E-state index in [0.717, 1.165) is 11.1 Å². The van der Waals surface area contributed by atoms with Gasteiger partial charge in [0.25, 0.3) is 0 Å². The molecule has 0 atom stereocenters. The molecule has 0 saturated carbocycles. The highest BCUT2D eigenvalue weighted by Crippen LogP contribution is 2.23. The summed E-state index contributed by atoms with van der Waals surface area (Å²) >= 11 is 0. The van der Waals surface area contributed by atoms with Crippen LogP contribution in [0.3, 0.4) is 0 Å². The second-order valence-corrected chi connectivity index (χ2v) is 4.69. The van der Waals surface area contributed by atoms with Gasteiger partial charge in [-0.05, 0) is 30.2 Å². The van der Waals surface area contributed by atoms with Crippen molar-refractivity contribution in [2.75, 3.05) is 18.2 Å². The van der Waals surface area contributed by atoms with Crippen LogP contribution in [0.1, 0.15) is 11.1 Å². The minimum Gasteiger partial charge on any atom is -0.497 e. The smallest absolute Gasteiger partial charge is 0.319 e. The molecule has 0 aromatic heterocycles. The van der Waals surface area contributed by atoms with E-state index in [4.69, 9.17) is 10.5 Å². The molecule has 0 spiro atoms. The number of nitrogen functional groups attached to an aromatic ring is 1. The first-order valence-electron chi connectivity index (χ1n) is 6.63. The summed E-state index contributed by atoms with van der Waals surface area (Å²) < 4.78 is 5.07. The van der Waals surface area contributed by atoms with Crippen LogP contribution in [0.2, 0.25) is 0 Å². The Hall–Kier alpha value is -2.69. The van der Waals surface area contributed by atoms with E-state index in [1.165, 1.54) is 0 Å². The maximum atomic E-state index is 11.9. The average Bonchev–Trinajstić information content (AvgIpc) is 2.48. The van der Waals surface area contributed by atoms with Crippen molar-refractivity contribution in [3.8, 4) is 5.75 Å². The Morgan fingerprint density at radius 3 is 2.67 bits per heavy atom. The van der Waals surface area contributed by atoms with Gasteiger partial charge in [-0.3, -0.25) is 0 Å². The molecule has 4 N–H and O–H groups in total. The van der Waals surface area contributed by atoms with Gasteiger partial charge in [-0.2, -0.15) is 0 Å². The largest absolute Gasteiger partial charge is 0.497 e. The molecule has 0 fully saturated rings. The Balaban J connectivity index is 1.95. The van der Waals surface area contributed by atoms with Crippen LogP contribution in [-0.4, -0.2) is 13.1 Å². The molecule has 0 saturated heterocycles. The van der Waals surface area contributed by atoms with E-state index in [2.05, 4.69) is 10.6 Å². The Morgan fingerprint density at radius 2 is 2.00 bits per heavy atom. The van der Waals surface area contributed by atoms with Crippen molar-refractivity contribution in [1.29, 1.82) is 0 Å². The zero-order chi connectivity index (χ0) is 15.2. The fourth-order valence-corrected chi connectivity index (χ4v) is 1.93. The van der Waals surface area contributed by atoms with Crippen LogP contribution in [0, 0.1) is 6.92 Å². The highest BCUT2D eigenvalue weighted by molar-refractivity contribution is 5.92. The van der Waals surface area contributed by atoms with Gasteiger partial charge in [0.1, 0.15) is 5.75 Å². The van der Waals surface area contributed by atoms with E-state index in [9.17, 15) is 4.79 Å². The van der Waals surface area contributed by atoms with Crippen molar-refractivity contribution < 1.29 is 9.53 Å². The summed E-state index contributed by atoms with van der Waals surface area (Å²) in [6.07, 6.45) is 0. The van der Waals surface area contributed by atoms with Crippen LogP contribution in [-0.2, 0) is 6.54 Å². The molecule has 2 aromatic carbocycles. The number of aryl methyl sites for hydroxylation is 1. The SMILES string of the molecule is COc1ccc(NC(=O)NCc2ccccc2C)c(N)c1. The number of methoxy groups -OCH3 is 1. The second kappa shape index (κ2) is 6.65. The first kappa shape index (κ1) is 14.7. The lowest BCUT2D eigenvalue weighted by Gasteiger charge is -2.11. The summed E-state index contributed by atoms with van der Waals surface area (Å²) in [5, 5.41) is 5.53. The molecule has 0 aliphatic carbocycles. The van der Waals surface area contributed by atoms with E-state index in [0.29, 0.717) is 23.7 Å². The van der Waals surface area contributed by atoms with Gasteiger partial charge in [0.05, 0.1) is 18.5 Å². The minimum absolute atomic E-state index is 0.296. The highest BCUT2D eigenvalue weighted by atomic mass is 16.5. The Kier molecular flexibility index (Phi) is 4.66. The molecule has 2 rings (SSSR count). The summed E-state index contributed by atoms with van der Waals surface area (Å²) in [5.41, 5.74) is 9.09. The standard InChI is InChI=1S/C16H19N3O2/c1-11-5-3-4-6-12(11)10-18-16(20)19-15-8-7-13(21-2)9-14(15)17/h3-9H,10,17H2,1-2H3,(H2,18,19,20). The molecule has 5 nitrogen and oxygen atoms in total. The van der Waals surface area contributed by atoms with E-state index in [1.807, 2.05) is 31.2 Å². The third kappa shape index (κ3) is 3.89. The van der Waals surface area contributed by atoms with E-state index >= 15 is 0 Å². The Bertz CT molecular complexity index is 641. The summed E-state index contributed by atoms with van der Waals surface area (Å²) in [6.45, 7) is 2.48. The van der Waals surface area contributed by atoms with Crippen LogP contribution >= 0.6 is 0 Å². The van der Waals surface area contributed by atoms with Crippen molar-refractivity contribution >= 4 is 17.4 Å². The number of nitrogens with one attached hydrogen (secondary N) is 2. The third-order valence-electron chi connectivity index (χ3n) is 3.21. The number of hydrogen-bond donors (Lipinski definition) is 3. The van der Waals surface area contributed by atoms with Crippen LogP contribution in [0.25, 0.3) is 0 Å². The number of carbonyl (C=O) groups excluding carboxylic acids is 1. The first-order chi connectivity index (χ1) is 10.1. The fraction of sp³-hybridized carbons (Fsp3) is 0.188. The van der Waals surface area contributed by atoms with Crippen molar-refractivity contribution in [2.24, 2.45) is 0 Å². The number of benzene rings is 2. The maximum absolute atomic E-state index is 11.9. The molecule has 110 valence electrons. The summed E-state index contributed by atoms with van der Waals surface area (Å²) in [6, 6.07) is 12.7. The number of urea groups is 1. The number of nitrogens with two attached hydrogens (primary N) is 1. The molecule has 0 heterocycles. The summed E-state index contributed by atoms with van der Waals surface area (Å²) in [4.78, 5) is 11.9. The molecule has 0 radical (unpaired) electrons. The van der Waals surface area contributed by atoms with Crippen molar-refractivity contribution in [3.05, 3.63) is 53.6 Å². The van der Waals surface area contributed by atoms with Crippen LogP contribution in [0.4, 0.5) is 16.2 Å². The molecule has 5 heteroatoms. The number of carbonyl (C=O) groups is 1. The van der Waals surface area contributed by atoms with Gasteiger partial charge in [-0.25, -0.2) is 4.79 Å². The molecular formula is C16H19N3O2. The molecule has 0 aliphatic rings. The Morgan fingerprint density at radius 1 is 1.24 bits per heavy atom. The van der Waals surface area contributed by atoms with Crippen LogP contribution < -0.4 is 21.1 Å². The van der Waals surface area contributed by atoms with E-state index in [1.54, 1.807) is 25.3 Å². The number of rotatable bonds is 4. The van der Waals surface area contributed by atoms with Gasteiger partial charge in [0.2, 0.25) is 0 Å². The van der Waals surface area contributed by atoms with Gasteiger partial charge < -0.3 is 21.1 Å². The third-order valence-corrected chi connectivity index (χ3v) is 3.21. The predicted octanol–water partition coefficient (Wildman–Crippen LogP) is 2.91. The number of hydrogen-bond acceptors (Lipinski definition) is 3. The van der Waals surface area contributed by atoms with Crippen molar-refractivity contribution in [3.63, 3.8) is 0 Å². The van der Waals surface area contributed by atoms with E-state index in [-0.39, 0.29) is 6.03 Å². The number of amides is 2. The molecular weight excluding hydrogens is 266 g/mol. The zero-order valence-corrected chi connectivity index (χ0v) is 12.1. The molecule has 2 amide bonds. The van der Waals surface area contributed by atoms with Crippen molar-refractivity contribution in [2.45, 2.75) is 13.5 Å². The lowest BCUT2D eigenvalue weighted by atomic mass is 10.1. The number of ether oxygens (including phenoxy) is 1. The maximum Gasteiger partial charge on any atom is 0.319 e. The predicted molar refractivity (Wildman–Crippen MR) is 84.4 cm³/mol. The summed E-state index contributed by atoms with van der Waals surface area (Å²) in [5.74, 6) is 0.651. The van der Waals surface area contributed by atoms with E-state index < -0.39 is 0 Å². The highest BCUT2D eigenvalue weighted by Gasteiger charge is 2.06. The zero-order valence-electron chi connectivity index (χ0n) is 12.1. The lowest BCUT2D eigenvalue weighted by Crippen LogP contribution is -2.28. The molecule has 2 aromatic rings. The van der Waals surface area contributed by atoms with Crippen LogP contribution in [0.15, 0.2) is 42.5 Å². The van der Waals surface area contributed by atoms with Crippen molar-refractivity contribution in [1.82, 2.24) is 5.32 Å². The minimum atomic E-state index is -0.296. The van der Waals surface area contributed by atoms with Gasteiger partial charge in [-0.1, -0.05) is 24.3 Å². The lowest BCUT2D eigenvalue weighted by molar-refractivity contribution is 0.251. The van der Waals surface area contributed by atoms with Gasteiger partial charge in [0.15, 0.2) is 0 Å².